The summed E-state index contributed by atoms with van der Waals surface area (Å²) in [5, 5.41) is 13.6. The van der Waals surface area contributed by atoms with Crippen molar-refractivity contribution in [2.24, 2.45) is 0 Å². The van der Waals surface area contributed by atoms with Gasteiger partial charge in [-0.25, -0.2) is 19.2 Å². The average Bonchev–Trinajstić information content (AvgIpc) is 3.87. The predicted octanol–water partition coefficient (Wildman–Crippen LogP) is 7.67. The quantitative estimate of drug-likeness (QED) is 0.236. The average molecular weight is 639 g/mol. The molecule has 2 amide bonds. The van der Waals surface area contributed by atoms with E-state index in [1.807, 2.05) is 75.7 Å². The van der Waals surface area contributed by atoms with Crippen LogP contribution in [0.15, 0.2) is 42.5 Å². The number of carbonyl (C=O) groups is 3. The van der Waals surface area contributed by atoms with E-state index in [-0.39, 0.29) is 11.8 Å². The Balaban J connectivity index is 1.29. The highest BCUT2D eigenvalue weighted by atomic mass is 16.6. The number of aryl methyl sites for hydroxylation is 2. The second-order valence-electron chi connectivity index (χ2n) is 15.1. The first-order valence-corrected chi connectivity index (χ1v) is 16.4. The lowest BCUT2D eigenvalue weighted by Crippen LogP contribution is -2.41. The molecule has 3 aliphatic rings. The Morgan fingerprint density at radius 3 is 2.32 bits per heavy atom. The Morgan fingerprint density at radius 2 is 1.66 bits per heavy atom. The number of fused-ring (bicyclic) bond motifs is 3. The topological polar surface area (TPSA) is 121 Å². The third-order valence-corrected chi connectivity index (χ3v) is 9.01. The van der Waals surface area contributed by atoms with Crippen LogP contribution >= 0.6 is 0 Å². The van der Waals surface area contributed by atoms with Gasteiger partial charge in [0, 0.05) is 29.8 Å². The van der Waals surface area contributed by atoms with Crippen molar-refractivity contribution in [1.82, 2.24) is 19.6 Å². The smallest absolute Gasteiger partial charge is 0.435 e. The van der Waals surface area contributed by atoms with Gasteiger partial charge < -0.3 is 14.8 Å². The summed E-state index contributed by atoms with van der Waals surface area (Å²) < 4.78 is 14.6. The van der Waals surface area contributed by atoms with Crippen molar-refractivity contribution in [1.29, 1.82) is 0 Å². The van der Waals surface area contributed by atoms with E-state index >= 15 is 0 Å². The van der Waals surface area contributed by atoms with E-state index in [0.717, 1.165) is 46.4 Å². The summed E-state index contributed by atoms with van der Waals surface area (Å²) in [6.45, 7) is 15.5. The summed E-state index contributed by atoms with van der Waals surface area (Å²) in [7, 11) is 0. The van der Waals surface area contributed by atoms with Crippen LogP contribution in [0.3, 0.4) is 0 Å². The van der Waals surface area contributed by atoms with Crippen molar-refractivity contribution >= 4 is 46.3 Å². The number of imide groups is 1. The van der Waals surface area contributed by atoms with Crippen molar-refractivity contribution in [2.75, 3.05) is 10.2 Å². The minimum absolute atomic E-state index is 0.214. The van der Waals surface area contributed by atoms with Crippen LogP contribution < -0.4 is 10.2 Å². The molecule has 1 spiro atoms. The van der Waals surface area contributed by atoms with E-state index < -0.39 is 28.8 Å². The van der Waals surface area contributed by atoms with Gasteiger partial charge in [0.25, 0.3) is 0 Å². The maximum Gasteiger partial charge on any atom is 0.435 e. The van der Waals surface area contributed by atoms with E-state index in [1.165, 1.54) is 9.58 Å². The molecule has 1 N–H and O–H groups in total. The van der Waals surface area contributed by atoms with Gasteiger partial charge in [0.2, 0.25) is 5.91 Å². The molecule has 2 aliphatic carbocycles. The molecule has 2 fully saturated rings. The molecule has 0 saturated heterocycles. The molecule has 3 heterocycles. The van der Waals surface area contributed by atoms with E-state index in [9.17, 15) is 14.4 Å². The Morgan fingerprint density at radius 1 is 0.957 bits per heavy atom. The Labute approximate surface area is 274 Å². The van der Waals surface area contributed by atoms with Crippen molar-refractivity contribution < 1.29 is 23.9 Å². The van der Waals surface area contributed by atoms with Gasteiger partial charge >= 0.3 is 12.2 Å². The van der Waals surface area contributed by atoms with Crippen molar-refractivity contribution in [3.05, 3.63) is 64.8 Å². The minimum atomic E-state index is -0.906. The standard InChI is InChI=1S/C36H42N6O5/c1-9-40-29(18-26(38-40)21-11-12-21)37-30-23-14-13-22(17-28(23)42(39-30)33(45)47-35(6,7)8)25-19-36(25)24-16-20(2)10-15-27(24)41(31(36)43)32(44)46-34(3,4)5/h10,13-18,21,25H,9,11-12,19H2,1-8H3,(H,37,39)/t25-,36-/m0/s1. The lowest BCUT2D eigenvalue weighted by atomic mass is 9.91. The monoisotopic (exact) mass is 638 g/mol. The van der Waals surface area contributed by atoms with Gasteiger partial charge in [-0.3, -0.25) is 4.79 Å². The molecule has 11 heteroatoms. The highest BCUT2D eigenvalue weighted by Crippen LogP contribution is 2.66. The van der Waals surface area contributed by atoms with Crippen LogP contribution in [-0.2, 0) is 26.2 Å². The van der Waals surface area contributed by atoms with Gasteiger partial charge in [-0.15, -0.1) is 5.10 Å². The third-order valence-electron chi connectivity index (χ3n) is 9.01. The molecule has 7 rings (SSSR count). The number of carbonyl (C=O) groups excluding carboxylic acids is 3. The van der Waals surface area contributed by atoms with Crippen LogP contribution in [0, 0.1) is 6.92 Å². The van der Waals surface area contributed by atoms with Crippen molar-refractivity contribution in [3.63, 3.8) is 0 Å². The summed E-state index contributed by atoms with van der Waals surface area (Å²) >= 11 is 0. The fourth-order valence-electron chi connectivity index (χ4n) is 6.68. The number of nitrogens with zero attached hydrogens (tertiary/aromatic N) is 5. The highest BCUT2D eigenvalue weighted by molar-refractivity contribution is 6.23. The number of hydrogen-bond donors (Lipinski definition) is 1. The first kappa shape index (κ1) is 31.0. The number of nitrogens with one attached hydrogen (secondary N) is 1. The maximum absolute atomic E-state index is 14.2. The molecule has 4 aromatic rings. The number of amides is 2. The first-order chi connectivity index (χ1) is 22.1. The lowest BCUT2D eigenvalue weighted by Gasteiger charge is -2.24. The number of aromatic nitrogens is 4. The molecule has 47 heavy (non-hydrogen) atoms. The number of anilines is 3. The number of ether oxygens (including phenoxy) is 2. The molecular weight excluding hydrogens is 596 g/mol. The zero-order valence-corrected chi connectivity index (χ0v) is 28.3. The Bertz CT molecular complexity index is 1960. The highest BCUT2D eigenvalue weighted by Gasteiger charge is 2.68. The van der Waals surface area contributed by atoms with Crippen LogP contribution in [0.2, 0.25) is 0 Å². The number of benzene rings is 2. The lowest BCUT2D eigenvalue weighted by molar-refractivity contribution is -0.120. The van der Waals surface area contributed by atoms with Gasteiger partial charge in [-0.1, -0.05) is 23.8 Å². The van der Waals surface area contributed by atoms with E-state index in [4.69, 9.17) is 19.7 Å². The van der Waals surface area contributed by atoms with Crippen LogP contribution in [0.5, 0.6) is 0 Å². The van der Waals surface area contributed by atoms with E-state index in [1.54, 1.807) is 20.8 Å². The van der Waals surface area contributed by atoms with Crippen LogP contribution in [0.25, 0.3) is 10.9 Å². The maximum atomic E-state index is 14.2. The predicted molar refractivity (Wildman–Crippen MR) is 178 cm³/mol. The molecule has 2 saturated carbocycles. The first-order valence-electron chi connectivity index (χ1n) is 16.4. The second-order valence-corrected chi connectivity index (χ2v) is 15.1. The summed E-state index contributed by atoms with van der Waals surface area (Å²) in [5.74, 6) is 1.30. The van der Waals surface area contributed by atoms with Crippen LogP contribution in [0.4, 0.5) is 26.9 Å². The van der Waals surface area contributed by atoms with Gasteiger partial charge in [-0.2, -0.15) is 9.78 Å². The summed E-state index contributed by atoms with van der Waals surface area (Å²) in [6, 6.07) is 13.6. The van der Waals surface area contributed by atoms with Crippen LogP contribution in [-0.4, -0.2) is 48.9 Å². The molecule has 0 radical (unpaired) electrons. The molecule has 2 aromatic carbocycles. The summed E-state index contributed by atoms with van der Waals surface area (Å²) in [4.78, 5) is 42.2. The fourth-order valence-corrected chi connectivity index (χ4v) is 6.68. The molecule has 1 aliphatic heterocycles. The molecule has 246 valence electrons. The molecule has 11 nitrogen and oxygen atoms in total. The van der Waals surface area contributed by atoms with Crippen molar-refractivity contribution in [3.8, 4) is 0 Å². The van der Waals surface area contributed by atoms with Crippen LogP contribution in [0.1, 0.15) is 102 Å². The molecule has 2 aromatic heterocycles. The van der Waals surface area contributed by atoms with Gasteiger partial charge in [0.15, 0.2) is 5.82 Å². The van der Waals surface area contributed by atoms with Crippen molar-refractivity contribution in [2.45, 2.75) is 110 Å². The zero-order valence-electron chi connectivity index (χ0n) is 28.3. The zero-order chi connectivity index (χ0) is 33.6. The summed E-state index contributed by atoms with van der Waals surface area (Å²) in [6.07, 6.45) is 1.53. The van der Waals surface area contributed by atoms with Gasteiger partial charge in [-0.05, 0) is 104 Å². The molecule has 2 atom stereocenters. The fraction of sp³-hybridized carbons (Fsp3) is 0.472. The summed E-state index contributed by atoms with van der Waals surface area (Å²) in [5.41, 5.74) is 2.47. The van der Waals surface area contributed by atoms with E-state index in [2.05, 4.69) is 11.4 Å². The normalized spacial score (nSPS) is 20.6. The molecule has 0 bridgehead atoms. The van der Waals surface area contributed by atoms with E-state index in [0.29, 0.717) is 35.9 Å². The second kappa shape index (κ2) is 10.4. The largest absolute Gasteiger partial charge is 0.443 e. The minimum Gasteiger partial charge on any atom is -0.443 e. The Kier molecular flexibility index (Phi) is 6.86. The SMILES string of the molecule is CCn1nc(C2CC2)cc1Nc1nn(C(=O)OC(C)(C)C)c2cc([C@@H]3C[C@@]34C(=O)N(C(=O)OC(C)(C)C)c3ccc(C)cc34)ccc12. The van der Waals surface area contributed by atoms with Gasteiger partial charge in [0.05, 0.1) is 22.3 Å². The number of hydrogen-bond acceptors (Lipinski definition) is 8. The number of rotatable bonds is 5. The van der Waals surface area contributed by atoms with Gasteiger partial charge in [0.1, 0.15) is 17.0 Å². The third kappa shape index (κ3) is 5.35. The Hall–Kier alpha value is -4.67. The molecule has 0 unspecified atom stereocenters. The molecular formula is C36H42N6O5.